The van der Waals surface area contributed by atoms with E-state index in [0.717, 1.165) is 0 Å². The van der Waals surface area contributed by atoms with Crippen LogP contribution < -0.4 is 14.8 Å². The van der Waals surface area contributed by atoms with Gasteiger partial charge >= 0.3 is 0 Å². The van der Waals surface area contributed by atoms with Crippen molar-refractivity contribution in [3.63, 3.8) is 0 Å². The molecule has 1 amide bonds. The fraction of sp³-hybridized carbons (Fsp3) is 0.150. The third-order valence-electron chi connectivity index (χ3n) is 4.17. The third-order valence-corrected chi connectivity index (χ3v) is 5.54. The average molecular weight is 441 g/mol. The number of benzene rings is 1. The van der Waals surface area contributed by atoms with Crippen molar-refractivity contribution in [2.45, 2.75) is 11.8 Å². The largest absolute Gasteiger partial charge is 0.478 e. The lowest BCUT2D eigenvalue weighted by atomic mass is 10.1. The van der Waals surface area contributed by atoms with Gasteiger partial charge in [-0.05, 0) is 19.1 Å². The summed E-state index contributed by atoms with van der Waals surface area (Å²) in [5.74, 6) is -0.286. The van der Waals surface area contributed by atoms with Crippen LogP contribution in [0.1, 0.15) is 16.1 Å². The van der Waals surface area contributed by atoms with Gasteiger partial charge in [0.05, 0.1) is 31.2 Å². The average Bonchev–Trinajstić information content (AvgIpc) is 2.78. The maximum atomic E-state index is 13.1. The standard InChI is InChI=1S/C20H19N5O5S/c1-13-10-23-19(20(24-13)30-2)25-31(28,29)17-4-3-9-22-18(17)15-7-5-14(6-8-15)16(27)11-21-12-26/h3-10,12H,11H2,1-2H3,(H,21,26)(H,23,25). The van der Waals surface area contributed by atoms with E-state index in [1.807, 2.05) is 0 Å². The molecule has 3 aromatic rings. The first-order valence-corrected chi connectivity index (χ1v) is 10.5. The number of pyridine rings is 1. The number of anilines is 1. The minimum Gasteiger partial charge on any atom is -0.478 e. The van der Waals surface area contributed by atoms with Crippen molar-refractivity contribution in [2.24, 2.45) is 0 Å². The lowest BCUT2D eigenvalue weighted by Gasteiger charge is -2.13. The molecular formula is C20H19N5O5S. The number of methoxy groups -OCH3 is 1. The van der Waals surface area contributed by atoms with Gasteiger partial charge in [-0.25, -0.2) is 18.4 Å². The normalized spacial score (nSPS) is 10.9. The topological polar surface area (TPSA) is 140 Å². The predicted octanol–water partition coefficient (Wildman–Crippen LogP) is 1.59. The summed E-state index contributed by atoms with van der Waals surface area (Å²) in [5.41, 5.74) is 1.62. The molecule has 0 bridgehead atoms. The zero-order chi connectivity index (χ0) is 22.4. The number of nitrogens with zero attached hydrogens (tertiary/aromatic N) is 3. The summed E-state index contributed by atoms with van der Waals surface area (Å²) in [7, 11) is -2.72. The first-order valence-electron chi connectivity index (χ1n) is 9.02. The number of sulfonamides is 1. The maximum absolute atomic E-state index is 13.1. The van der Waals surface area contributed by atoms with E-state index in [1.54, 1.807) is 19.1 Å². The number of amides is 1. The van der Waals surface area contributed by atoms with E-state index in [0.29, 0.717) is 23.2 Å². The summed E-state index contributed by atoms with van der Waals surface area (Å²) in [6.07, 6.45) is 3.32. The molecule has 2 aromatic heterocycles. The van der Waals surface area contributed by atoms with E-state index in [-0.39, 0.29) is 34.6 Å². The van der Waals surface area contributed by atoms with Gasteiger partial charge in [-0.1, -0.05) is 24.3 Å². The summed E-state index contributed by atoms with van der Waals surface area (Å²) in [6.45, 7) is 1.58. The number of Topliss-reactive ketones (excluding diaryl/α,β-unsaturated/α-hetero) is 1. The maximum Gasteiger partial charge on any atom is 0.265 e. The number of carbonyl (C=O) groups is 2. The molecule has 0 radical (unpaired) electrons. The molecule has 10 nitrogen and oxygen atoms in total. The van der Waals surface area contributed by atoms with E-state index in [2.05, 4.69) is 25.0 Å². The van der Waals surface area contributed by atoms with Crippen molar-refractivity contribution in [3.8, 4) is 17.1 Å². The number of aryl methyl sites for hydroxylation is 1. The van der Waals surface area contributed by atoms with Gasteiger partial charge in [-0.15, -0.1) is 0 Å². The molecule has 0 aliphatic rings. The number of nitrogens with one attached hydrogen (secondary N) is 2. The lowest BCUT2D eigenvalue weighted by molar-refractivity contribution is -0.109. The summed E-state index contributed by atoms with van der Waals surface area (Å²) < 4.78 is 33.6. The highest BCUT2D eigenvalue weighted by molar-refractivity contribution is 7.92. The highest BCUT2D eigenvalue weighted by atomic mass is 32.2. The molecule has 0 aliphatic carbocycles. The molecule has 0 aliphatic heterocycles. The van der Waals surface area contributed by atoms with E-state index in [9.17, 15) is 18.0 Å². The predicted molar refractivity (Wildman–Crippen MR) is 112 cm³/mol. The van der Waals surface area contributed by atoms with Crippen LogP contribution in [0.15, 0.2) is 53.7 Å². The van der Waals surface area contributed by atoms with Crippen LogP contribution in [-0.4, -0.2) is 49.2 Å². The zero-order valence-corrected chi connectivity index (χ0v) is 17.5. The Labute approximate surface area is 178 Å². The first-order chi connectivity index (χ1) is 14.9. The number of ketones is 1. The smallest absolute Gasteiger partial charge is 0.265 e. The van der Waals surface area contributed by atoms with Crippen LogP contribution in [-0.2, 0) is 14.8 Å². The van der Waals surface area contributed by atoms with Crippen LogP contribution in [0.2, 0.25) is 0 Å². The van der Waals surface area contributed by atoms with Gasteiger partial charge in [0.2, 0.25) is 12.2 Å². The van der Waals surface area contributed by atoms with Gasteiger partial charge in [-0.2, -0.15) is 0 Å². The number of hydrogen-bond acceptors (Lipinski definition) is 8. The molecule has 11 heteroatoms. The van der Waals surface area contributed by atoms with Crippen molar-refractivity contribution in [1.29, 1.82) is 0 Å². The van der Waals surface area contributed by atoms with Gasteiger partial charge in [0.1, 0.15) is 4.90 Å². The molecule has 0 spiro atoms. The first kappa shape index (κ1) is 21.8. The Hall–Kier alpha value is -3.86. The van der Waals surface area contributed by atoms with Crippen molar-refractivity contribution >= 4 is 28.0 Å². The van der Waals surface area contributed by atoms with Gasteiger partial charge in [0.15, 0.2) is 5.78 Å². The Morgan fingerprint density at radius 2 is 1.90 bits per heavy atom. The fourth-order valence-corrected chi connectivity index (χ4v) is 3.91. The Morgan fingerprint density at radius 3 is 2.58 bits per heavy atom. The van der Waals surface area contributed by atoms with Gasteiger partial charge in [-0.3, -0.25) is 19.3 Å². The van der Waals surface area contributed by atoms with E-state index < -0.39 is 10.0 Å². The number of rotatable bonds is 9. The Bertz CT molecular complexity index is 1210. The number of ether oxygens (including phenoxy) is 1. The SMILES string of the molecule is COc1nc(C)cnc1NS(=O)(=O)c1cccnc1-c1ccc(C(=O)CNC=O)cc1. The van der Waals surface area contributed by atoms with Crippen molar-refractivity contribution in [2.75, 3.05) is 18.4 Å². The lowest BCUT2D eigenvalue weighted by Crippen LogP contribution is -2.21. The monoisotopic (exact) mass is 441 g/mol. The molecular weight excluding hydrogens is 422 g/mol. The number of aromatic nitrogens is 3. The Morgan fingerprint density at radius 1 is 1.16 bits per heavy atom. The minimum atomic E-state index is -4.09. The van der Waals surface area contributed by atoms with Crippen LogP contribution in [0.25, 0.3) is 11.3 Å². The highest BCUT2D eigenvalue weighted by Gasteiger charge is 2.23. The molecule has 2 heterocycles. The van der Waals surface area contributed by atoms with Gasteiger partial charge in [0.25, 0.3) is 15.9 Å². The van der Waals surface area contributed by atoms with Crippen LogP contribution in [0.3, 0.4) is 0 Å². The van der Waals surface area contributed by atoms with Gasteiger partial charge in [0, 0.05) is 17.3 Å². The second kappa shape index (κ2) is 9.30. The van der Waals surface area contributed by atoms with Crippen LogP contribution in [0.5, 0.6) is 5.88 Å². The molecule has 160 valence electrons. The molecule has 0 unspecified atom stereocenters. The molecule has 0 saturated heterocycles. The van der Waals surface area contributed by atoms with Crippen molar-refractivity contribution in [3.05, 3.63) is 60.0 Å². The molecule has 0 saturated carbocycles. The molecule has 0 atom stereocenters. The molecule has 0 fully saturated rings. The Balaban J connectivity index is 1.94. The fourth-order valence-electron chi connectivity index (χ4n) is 2.72. The summed E-state index contributed by atoms with van der Waals surface area (Å²) in [5, 5.41) is 2.31. The third kappa shape index (κ3) is 5.01. The van der Waals surface area contributed by atoms with E-state index in [1.165, 1.54) is 43.8 Å². The number of hydrogen-bond donors (Lipinski definition) is 2. The number of carbonyl (C=O) groups excluding carboxylic acids is 2. The van der Waals surface area contributed by atoms with Crippen molar-refractivity contribution < 1.29 is 22.7 Å². The Kier molecular flexibility index (Phi) is 6.55. The summed E-state index contributed by atoms with van der Waals surface area (Å²) in [4.78, 5) is 34.6. The highest BCUT2D eigenvalue weighted by Crippen LogP contribution is 2.28. The van der Waals surface area contributed by atoms with E-state index in [4.69, 9.17) is 4.74 Å². The molecule has 3 rings (SSSR count). The molecule has 2 N–H and O–H groups in total. The van der Waals surface area contributed by atoms with Crippen LogP contribution in [0.4, 0.5) is 5.82 Å². The summed E-state index contributed by atoms with van der Waals surface area (Å²) in [6, 6.07) is 9.16. The van der Waals surface area contributed by atoms with Gasteiger partial charge < -0.3 is 10.1 Å². The van der Waals surface area contributed by atoms with E-state index >= 15 is 0 Å². The summed E-state index contributed by atoms with van der Waals surface area (Å²) >= 11 is 0. The quantitative estimate of drug-likeness (QED) is 0.377. The minimum absolute atomic E-state index is 0.0424. The second-order valence-corrected chi connectivity index (χ2v) is 7.98. The van der Waals surface area contributed by atoms with Crippen molar-refractivity contribution in [1.82, 2.24) is 20.3 Å². The molecule has 1 aromatic carbocycles. The van der Waals surface area contributed by atoms with Crippen LogP contribution >= 0.6 is 0 Å². The second-order valence-electron chi connectivity index (χ2n) is 6.32. The van der Waals surface area contributed by atoms with Crippen LogP contribution in [0, 0.1) is 6.92 Å². The molecule has 31 heavy (non-hydrogen) atoms. The zero-order valence-electron chi connectivity index (χ0n) is 16.7.